The van der Waals surface area contributed by atoms with Crippen molar-refractivity contribution in [3.8, 4) is 11.1 Å². The molecule has 0 fully saturated rings. The Balaban J connectivity index is 1.63. The number of alkyl halides is 3. The maximum Gasteiger partial charge on any atom is 0.416 e. The zero-order chi connectivity index (χ0) is 29.0. The third kappa shape index (κ3) is 6.97. The monoisotopic (exact) mass is 574 g/mol. The van der Waals surface area contributed by atoms with Crippen LogP contribution in [0, 0.1) is 5.82 Å². The molecule has 4 aromatic rings. The van der Waals surface area contributed by atoms with Crippen LogP contribution in [0.4, 0.5) is 34.9 Å². The molecule has 0 aliphatic carbocycles. The summed E-state index contributed by atoms with van der Waals surface area (Å²) in [7, 11) is 3.87. The van der Waals surface area contributed by atoms with Gasteiger partial charge in [-0.25, -0.2) is 14.4 Å². The van der Waals surface area contributed by atoms with E-state index >= 15 is 0 Å². The van der Waals surface area contributed by atoms with Crippen LogP contribution in [0.25, 0.3) is 22.0 Å². The number of nitrogen functional groups attached to an aromatic ring is 1. The fourth-order valence-electron chi connectivity index (χ4n) is 4.11. The lowest BCUT2D eigenvalue weighted by molar-refractivity contribution is -0.137. The summed E-state index contributed by atoms with van der Waals surface area (Å²) >= 11 is 6.21. The third-order valence-electron chi connectivity index (χ3n) is 6.14. The van der Waals surface area contributed by atoms with E-state index in [4.69, 9.17) is 17.3 Å². The summed E-state index contributed by atoms with van der Waals surface area (Å²) in [6.07, 6.45) is -1.61. The lowest BCUT2D eigenvalue weighted by Gasteiger charge is -2.18. The van der Waals surface area contributed by atoms with Crippen LogP contribution < -0.4 is 16.4 Å². The molecule has 0 aliphatic heterocycles. The Hall–Kier alpha value is -3.96. The van der Waals surface area contributed by atoms with E-state index in [1.165, 1.54) is 12.1 Å². The molecule has 1 aromatic heterocycles. The number of anilines is 3. The van der Waals surface area contributed by atoms with Gasteiger partial charge in [-0.3, -0.25) is 4.79 Å². The molecular weight excluding hydrogens is 548 g/mol. The van der Waals surface area contributed by atoms with E-state index in [9.17, 15) is 22.4 Å². The number of carbonyl (C=O) groups is 1. The number of carbonyl (C=O) groups excluding carboxylic acids is 1. The quantitative estimate of drug-likeness (QED) is 0.152. The van der Waals surface area contributed by atoms with Gasteiger partial charge in [-0.05, 0) is 81.0 Å². The van der Waals surface area contributed by atoms with Gasteiger partial charge in [-0.1, -0.05) is 23.7 Å². The maximum atomic E-state index is 14.8. The standard InChI is InChI=1S/C28H27ClF4N6O/c1-39(2)10-4-3-9-35-25-21(29)13-19(28(31,32)33)14-24(25)37-26(40)20-12-17(5-7-22(20)30)16-6-8-23-18(11-16)15-36-27(34)38-23/h5-8,11-15,35H,3-4,9-10H2,1-2H3,(H,37,40)(H2,34,36,38). The highest BCUT2D eigenvalue weighted by Gasteiger charge is 2.32. The highest BCUT2D eigenvalue weighted by Crippen LogP contribution is 2.39. The average molecular weight is 575 g/mol. The van der Waals surface area contributed by atoms with Gasteiger partial charge in [-0.15, -0.1) is 0 Å². The molecule has 0 radical (unpaired) electrons. The summed E-state index contributed by atoms with van der Waals surface area (Å²) in [6, 6.07) is 10.7. The van der Waals surface area contributed by atoms with Crippen LogP contribution in [0.15, 0.2) is 54.7 Å². The molecule has 0 aliphatic rings. The summed E-state index contributed by atoms with van der Waals surface area (Å²) in [4.78, 5) is 23.3. The van der Waals surface area contributed by atoms with Gasteiger partial charge in [0, 0.05) is 18.1 Å². The van der Waals surface area contributed by atoms with Gasteiger partial charge >= 0.3 is 6.18 Å². The molecule has 0 atom stereocenters. The number of amides is 1. The Kier molecular flexibility index (Phi) is 8.75. The van der Waals surface area contributed by atoms with Crippen molar-refractivity contribution in [2.75, 3.05) is 43.6 Å². The predicted octanol–water partition coefficient (Wildman–Crippen LogP) is 6.70. The molecule has 4 rings (SSSR count). The minimum Gasteiger partial charge on any atom is -0.382 e. The number of hydrogen-bond donors (Lipinski definition) is 3. The number of hydrogen-bond acceptors (Lipinski definition) is 6. The minimum atomic E-state index is -4.71. The smallest absolute Gasteiger partial charge is 0.382 e. The van der Waals surface area contributed by atoms with Crippen LogP contribution in [-0.4, -0.2) is 48.0 Å². The number of rotatable bonds is 9. The van der Waals surface area contributed by atoms with Crippen LogP contribution >= 0.6 is 11.6 Å². The summed E-state index contributed by atoms with van der Waals surface area (Å²) in [5, 5.41) is 5.91. The number of nitrogens with one attached hydrogen (secondary N) is 2. The molecule has 1 amide bonds. The SMILES string of the molecule is CN(C)CCCCNc1c(Cl)cc(C(F)(F)F)cc1NC(=O)c1cc(-c2ccc3nc(N)ncc3c2)ccc1F. The predicted molar refractivity (Wildman–Crippen MR) is 150 cm³/mol. The maximum absolute atomic E-state index is 14.8. The van der Waals surface area contributed by atoms with Crippen LogP contribution in [0.5, 0.6) is 0 Å². The van der Waals surface area contributed by atoms with Gasteiger partial charge in [0.05, 0.1) is 33.0 Å². The number of aromatic nitrogens is 2. The van der Waals surface area contributed by atoms with Gasteiger partial charge in [0.25, 0.3) is 5.91 Å². The zero-order valence-corrected chi connectivity index (χ0v) is 22.5. The first kappa shape index (κ1) is 29.0. The number of halogens is 5. The fourth-order valence-corrected chi connectivity index (χ4v) is 4.40. The second-order valence-electron chi connectivity index (χ2n) is 9.47. The molecule has 1 heterocycles. The number of unbranched alkanes of at least 4 members (excludes halogenated alkanes) is 1. The van der Waals surface area contributed by atoms with Crippen molar-refractivity contribution in [2.24, 2.45) is 0 Å². The van der Waals surface area contributed by atoms with E-state index in [1.807, 2.05) is 19.0 Å². The van der Waals surface area contributed by atoms with E-state index in [0.29, 0.717) is 35.0 Å². The second kappa shape index (κ2) is 12.1. The largest absolute Gasteiger partial charge is 0.416 e. The molecule has 210 valence electrons. The zero-order valence-electron chi connectivity index (χ0n) is 21.7. The average Bonchev–Trinajstić information content (AvgIpc) is 2.88. The van der Waals surface area contributed by atoms with Crippen LogP contribution in [0.2, 0.25) is 5.02 Å². The first-order valence-corrected chi connectivity index (χ1v) is 12.7. The summed E-state index contributed by atoms with van der Waals surface area (Å²) < 4.78 is 55.4. The molecule has 0 unspecified atom stereocenters. The molecular formula is C28H27ClF4N6O. The normalized spacial score (nSPS) is 11.7. The van der Waals surface area contributed by atoms with Crippen molar-refractivity contribution in [3.63, 3.8) is 0 Å². The highest BCUT2D eigenvalue weighted by molar-refractivity contribution is 6.34. The molecule has 0 saturated heterocycles. The lowest BCUT2D eigenvalue weighted by atomic mass is 10.0. The molecule has 0 spiro atoms. The van der Waals surface area contributed by atoms with Gasteiger partial charge < -0.3 is 21.3 Å². The van der Waals surface area contributed by atoms with E-state index in [-0.39, 0.29) is 27.9 Å². The molecule has 4 N–H and O–H groups in total. The summed E-state index contributed by atoms with van der Waals surface area (Å²) in [6.45, 7) is 1.24. The van der Waals surface area contributed by atoms with Gasteiger partial charge in [0.15, 0.2) is 0 Å². The summed E-state index contributed by atoms with van der Waals surface area (Å²) in [5.41, 5.74) is 5.92. The van der Waals surface area contributed by atoms with Crippen molar-refractivity contribution >= 4 is 45.7 Å². The van der Waals surface area contributed by atoms with Gasteiger partial charge in [0.1, 0.15) is 5.82 Å². The molecule has 40 heavy (non-hydrogen) atoms. The van der Waals surface area contributed by atoms with Crippen molar-refractivity contribution in [2.45, 2.75) is 19.0 Å². The van der Waals surface area contributed by atoms with Crippen LogP contribution in [0.3, 0.4) is 0 Å². The fraction of sp³-hybridized carbons (Fsp3) is 0.250. The first-order valence-electron chi connectivity index (χ1n) is 12.4. The van der Waals surface area contributed by atoms with E-state index in [0.717, 1.165) is 31.2 Å². The van der Waals surface area contributed by atoms with Crippen molar-refractivity contribution in [3.05, 3.63) is 76.7 Å². The molecule has 0 bridgehead atoms. The van der Waals surface area contributed by atoms with Crippen LogP contribution in [-0.2, 0) is 6.18 Å². The second-order valence-corrected chi connectivity index (χ2v) is 9.87. The Morgan fingerprint density at radius 2 is 1.77 bits per heavy atom. The number of nitrogens with two attached hydrogens (primary N) is 1. The lowest BCUT2D eigenvalue weighted by Crippen LogP contribution is -2.18. The minimum absolute atomic E-state index is 0.123. The first-order chi connectivity index (χ1) is 18.9. The van der Waals surface area contributed by atoms with Crippen molar-refractivity contribution < 1.29 is 22.4 Å². The number of fused-ring (bicyclic) bond motifs is 1. The highest BCUT2D eigenvalue weighted by atomic mass is 35.5. The molecule has 7 nitrogen and oxygen atoms in total. The number of benzene rings is 3. The van der Waals surface area contributed by atoms with E-state index in [1.54, 1.807) is 24.4 Å². The topological polar surface area (TPSA) is 96.2 Å². The van der Waals surface area contributed by atoms with Crippen molar-refractivity contribution in [1.29, 1.82) is 0 Å². The van der Waals surface area contributed by atoms with Gasteiger partial charge in [-0.2, -0.15) is 13.2 Å². The Bertz CT molecular complexity index is 1540. The van der Waals surface area contributed by atoms with E-state index < -0.39 is 23.5 Å². The van der Waals surface area contributed by atoms with Gasteiger partial charge in [0.2, 0.25) is 5.95 Å². The Labute approximate surface area is 233 Å². The Morgan fingerprint density at radius 1 is 1.05 bits per heavy atom. The number of nitrogens with zero attached hydrogens (tertiary/aromatic N) is 3. The molecule has 0 saturated carbocycles. The Morgan fingerprint density at radius 3 is 2.50 bits per heavy atom. The molecule has 12 heteroatoms. The van der Waals surface area contributed by atoms with Crippen LogP contribution in [0.1, 0.15) is 28.8 Å². The van der Waals surface area contributed by atoms with E-state index in [2.05, 4.69) is 20.6 Å². The third-order valence-corrected chi connectivity index (χ3v) is 6.44. The molecule has 3 aromatic carbocycles. The van der Waals surface area contributed by atoms with Crippen molar-refractivity contribution in [1.82, 2.24) is 14.9 Å². The summed E-state index contributed by atoms with van der Waals surface area (Å²) in [5.74, 6) is -1.64.